The van der Waals surface area contributed by atoms with Gasteiger partial charge in [-0.1, -0.05) is 11.6 Å². The first-order valence-electron chi connectivity index (χ1n) is 8.20. The average Bonchev–Trinajstić information content (AvgIpc) is 2.63. The van der Waals surface area contributed by atoms with Crippen molar-refractivity contribution in [2.75, 3.05) is 59.4 Å². The molecule has 0 bridgehead atoms. The van der Waals surface area contributed by atoms with Crippen LogP contribution in [0.3, 0.4) is 0 Å². The predicted molar refractivity (Wildman–Crippen MR) is 99.7 cm³/mol. The highest BCUT2D eigenvalue weighted by molar-refractivity contribution is 6.33. The Morgan fingerprint density at radius 2 is 2.00 bits per heavy atom. The zero-order valence-corrected chi connectivity index (χ0v) is 16.1. The van der Waals surface area contributed by atoms with Crippen LogP contribution in [-0.2, 0) is 14.3 Å². The minimum Gasteiger partial charge on any atom is -0.496 e. The number of nitrogens with one attached hydrogen (secondary N) is 1. The number of hydrogen-bond donors (Lipinski definition) is 2. The summed E-state index contributed by atoms with van der Waals surface area (Å²) in [7, 11) is 3.01. The molecule has 1 aromatic carbocycles. The fourth-order valence-electron chi connectivity index (χ4n) is 2.17. The third-order valence-electron chi connectivity index (χ3n) is 3.62. The molecule has 0 aliphatic rings. The number of likely N-dealkylation sites (N-methyl/N-ethyl adjacent to an activating group) is 1. The van der Waals surface area contributed by atoms with Crippen LogP contribution < -0.4 is 15.8 Å². The van der Waals surface area contributed by atoms with Crippen LogP contribution in [0, 0.1) is 0 Å². The highest BCUT2D eigenvalue weighted by atomic mass is 35.5. The number of benzene rings is 1. The first-order valence-corrected chi connectivity index (χ1v) is 8.58. The normalized spacial score (nSPS) is 10.5. The lowest BCUT2D eigenvalue weighted by Crippen LogP contribution is -2.40. The molecule has 1 rings (SSSR count). The zero-order chi connectivity index (χ0) is 19.5. The Bertz CT molecular complexity index is 612. The highest BCUT2D eigenvalue weighted by Crippen LogP contribution is 2.28. The Morgan fingerprint density at radius 1 is 1.27 bits per heavy atom. The van der Waals surface area contributed by atoms with Gasteiger partial charge in [-0.3, -0.25) is 9.59 Å². The predicted octanol–water partition coefficient (Wildman–Crippen LogP) is 1.17. The summed E-state index contributed by atoms with van der Waals surface area (Å²) < 4.78 is 15.2. The van der Waals surface area contributed by atoms with Crippen molar-refractivity contribution in [3.63, 3.8) is 0 Å². The van der Waals surface area contributed by atoms with Crippen molar-refractivity contribution in [3.8, 4) is 5.75 Å². The Balaban J connectivity index is 2.54. The quantitative estimate of drug-likeness (QED) is 0.436. The monoisotopic (exact) mass is 387 g/mol. The van der Waals surface area contributed by atoms with E-state index in [1.165, 1.54) is 19.2 Å². The maximum Gasteiger partial charge on any atom is 0.255 e. The SMILES string of the molecule is CCN(CCNC(=O)c1cc(Cl)c(N)cc1OC)C(=O)COCCOC. The first kappa shape index (κ1) is 22.0. The molecule has 0 aliphatic heterocycles. The Kier molecular flexibility index (Phi) is 9.79. The van der Waals surface area contributed by atoms with E-state index in [0.717, 1.165) is 0 Å². The molecule has 0 unspecified atom stereocenters. The summed E-state index contributed by atoms with van der Waals surface area (Å²) in [6.45, 7) is 3.78. The number of rotatable bonds is 11. The van der Waals surface area contributed by atoms with E-state index in [1.807, 2.05) is 6.92 Å². The molecule has 0 radical (unpaired) electrons. The van der Waals surface area contributed by atoms with E-state index in [9.17, 15) is 9.59 Å². The van der Waals surface area contributed by atoms with Crippen LogP contribution in [0.4, 0.5) is 5.69 Å². The average molecular weight is 388 g/mol. The molecule has 1 aromatic rings. The second-order valence-electron chi connectivity index (χ2n) is 5.35. The summed E-state index contributed by atoms with van der Waals surface area (Å²) in [5, 5.41) is 3.02. The first-order chi connectivity index (χ1) is 12.4. The van der Waals surface area contributed by atoms with Gasteiger partial charge in [-0.05, 0) is 13.0 Å². The van der Waals surface area contributed by atoms with Gasteiger partial charge in [0.15, 0.2) is 0 Å². The molecule has 26 heavy (non-hydrogen) atoms. The second-order valence-corrected chi connectivity index (χ2v) is 5.76. The Morgan fingerprint density at radius 3 is 2.62 bits per heavy atom. The molecule has 0 saturated carbocycles. The van der Waals surface area contributed by atoms with Gasteiger partial charge >= 0.3 is 0 Å². The van der Waals surface area contributed by atoms with Crippen LogP contribution in [0.5, 0.6) is 5.75 Å². The number of carbonyl (C=O) groups is 2. The van der Waals surface area contributed by atoms with Crippen LogP contribution in [0.15, 0.2) is 12.1 Å². The van der Waals surface area contributed by atoms with Crippen LogP contribution in [-0.4, -0.2) is 70.4 Å². The summed E-state index contributed by atoms with van der Waals surface area (Å²) in [6, 6.07) is 2.95. The van der Waals surface area contributed by atoms with E-state index >= 15 is 0 Å². The number of ether oxygens (including phenoxy) is 3. The summed E-state index contributed by atoms with van der Waals surface area (Å²) in [5.41, 5.74) is 6.32. The lowest BCUT2D eigenvalue weighted by Gasteiger charge is -2.21. The number of methoxy groups -OCH3 is 2. The smallest absolute Gasteiger partial charge is 0.255 e. The number of nitrogens with zero attached hydrogens (tertiary/aromatic N) is 1. The van der Waals surface area contributed by atoms with Crippen LogP contribution >= 0.6 is 11.6 Å². The summed E-state index contributed by atoms with van der Waals surface area (Å²) >= 11 is 5.97. The fourth-order valence-corrected chi connectivity index (χ4v) is 2.33. The number of carbonyl (C=O) groups excluding carboxylic acids is 2. The minimum atomic E-state index is -0.358. The number of amides is 2. The highest BCUT2D eigenvalue weighted by Gasteiger charge is 2.16. The van der Waals surface area contributed by atoms with Gasteiger partial charge < -0.3 is 30.2 Å². The zero-order valence-electron chi connectivity index (χ0n) is 15.3. The van der Waals surface area contributed by atoms with Gasteiger partial charge in [0.05, 0.1) is 36.6 Å². The number of nitrogens with two attached hydrogens (primary N) is 1. The molecule has 0 fully saturated rings. The standard InChI is InChI=1S/C17H26ClN3O5/c1-4-21(16(22)11-26-8-7-24-2)6-5-20-17(23)12-9-13(18)14(19)10-15(12)25-3/h9-10H,4-8,11,19H2,1-3H3,(H,20,23). The van der Waals surface area contributed by atoms with Crippen molar-refractivity contribution >= 4 is 29.1 Å². The van der Waals surface area contributed by atoms with E-state index in [-0.39, 0.29) is 35.6 Å². The second kappa shape index (κ2) is 11.6. The van der Waals surface area contributed by atoms with Crippen molar-refractivity contribution in [1.29, 1.82) is 0 Å². The third-order valence-corrected chi connectivity index (χ3v) is 3.95. The summed E-state index contributed by atoms with van der Waals surface area (Å²) in [6.07, 6.45) is 0. The largest absolute Gasteiger partial charge is 0.496 e. The number of halogens is 1. The maximum absolute atomic E-state index is 12.3. The Labute approximate surface area is 158 Å². The van der Waals surface area contributed by atoms with Gasteiger partial charge in [-0.2, -0.15) is 0 Å². The molecule has 9 heteroatoms. The molecule has 0 atom stereocenters. The van der Waals surface area contributed by atoms with Gasteiger partial charge in [-0.15, -0.1) is 0 Å². The molecule has 0 aliphatic carbocycles. The number of anilines is 1. The molecule has 2 amide bonds. The van der Waals surface area contributed by atoms with E-state index in [1.54, 1.807) is 12.0 Å². The van der Waals surface area contributed by atoms with Crippen molar-refractivity contribution in [2.24, 2.45) is 0 Å². The van der Waals surface area contributed by atoms with Crippen LogP contribution in [0.25, 0.3) is 0 Å². The van der Waals surface area contributed by atoms with Crippen molar-refractivity contribution < 1.29 is 23.8 Å². The minimum absolute atomic E-state index is 0.0213. The molecule has 146 valence electrons. The van der Waals surface area contributed by atoms with Crippen molar-refractivity contribution in [3.05, 3.63) is 22.7 Å². The maximum atomic E-state index is 12.3. The van der Waals surface area contributed by atoms with Gasteiger partial charge in [0.2, 0.25) is 5.91 Å². The molecule has 0 spiro atoms. The molecular formula is C17H26ClN3O5. The summed E-state index contributed by atoms with van der Waals surface area (Å²) in [5.74, 6) is -0.172. The molecule has 3 N–H and O–H groups in total. The lowest BCUT2D eigenvalue weighted by molar-refractivity contribution is -0.136. The molecule has 8 nitrogen and oxygen atoms in total. The van der Waals surface area contributed by atoms with Crippen molar-refractivity contribution in [2.45, 2.75) is 6.92 Å². The third kappa shape index (κ3) is 6.70. The van der Waals surface area contributed by atoms with E-state index in [0.29, 0.717) is 37.7 Å². The molecule has 0 aromatic heterocycles. The van der Waals surface area contributed by atoms with Gasteiger partial charge in [0, 0.05) is 32.8 Å². The number of hydrogen-bond acceptors (Lipinski definition) is 6. The van der Waals surface area contributed by atoms with Crippen LogP contribution in [0.1, 0.15) is 17.3 Å². The molecular weight excluding hydrogens is 362 g/mol. The van der Waals surface area contributed by atoms with Crippen molar-refractivity contribution in [1.82, 2.24) is 10.2 Å². The lowest BCUT2D eigenvalue weighted by atomic mass is 10.1. The van der Waals surface area contributed by atoms with Crippen LogP contribution in [0.2, 0.25) is 5.02 Å². The fraction of sp³-hybridized carbons (Fsp3) is 0.529. The van der Waals surface area contributed by atoms with E-state index < -0.39 is 0 Å². The van der Waals surface area contributed by atoms with Gasteiger partial charge in [0.25, 0.3) is 5.91 Å². The van der Waals surface area contributed by atoms with Gasteiger partial charge in [-0.25, -0.2) is 0 Å². The van der Waals surface area contributed by atoms with E-state index in [2.05, 4.69) is 5.32 Å². The molecule has 0 heterocycles. The van der Waals surface area contributed by atoms with Gasteiger partial charge in [0.1, 0.15) is 12.4 Å². The molecule has 0 saturated heterocycles. The topological polar surface area (TPSA) is 103 Å². The number of nitrogen functional groups attached to an aromatic ring is 1. The van der Waals surface area contributed by atoms with E-state index in [4.69, 9.17) is 31.5 Å². The summed E-state index contributed by atoms with van der Waals surface area (Å²) in [4.78, 5) is 26.0. The Hall–Kier alpha value is -2.03.